The molecule has 0 aliphatic rings. The minimum Gasteiger partial charge on any atom is -0.456 e. The zero-order valence-corrected chi connectivity index (χ0v) is 10.5. The lowest BCUT2D eigenvalue weighted by Crippen LogP contribution is -2.07. The van der Waals surface area contributed by atoms with E-state index in [1.165, 1.54) is 6.08 Å². The Morgan fingerprint density at radius 1 is 1.11 bits per heavy atom. The molecule has 1 aromatic heterocycles. The van der Waals surface area contributed by atoms with Crippen molar-refractivity contribution < 1.29 is 9.21 Å². The van der Waals surface area contributed by atoms with E-state index in [0.717, 1.165) is 27.6 Å². The predicted octanol–water partition coefficient (Wildman–Crippen LogP) is 4.10. The SMILES string of the molecule is C/C=C/C(=O)Nc1ccc2oc3ccccc3c2c1. The molecule has 3 nitrogen and oxygen atoms in total. The van der Waals surface area contributed by atoms with E-state index in [4.69, 9.17) is 4.42 Å². The minimum atomic E-state index is -0.130. The summed E-state index contributed by atoms with van der Waals surface area (Å²) >= 11 is 0. The van der Waals surface area contributed by atoms with Crippen molar-refractivity contribution in [3.63, 3.8) is 0 Å². The fraction of sp³-hybridized carbons (Fsp3) is 0.0625. The summed E-state index contributed by atoms with van der Waals surface area (Å²) in [6.45, 7) is 1.81. The van der Waals surface area contributed by atoms with Gasteiger partial charge < -0.3 is 9.73 Å². The van der Waals surface area contributed by atoms with Gasteiger partial charge in [0.1, 0.15) is 11.2 Å². The van der Waals surface area contributed by atoms with Crippen molar-refractivity contribution in [2.75, 3.05) is 5.32 Å². The number of amides is 1. The van der Waals surface area contributed by atoms with Gasteiger partial charge in [-0.2, -0.15) is 0 Å². The molecule has 0 saturated heterocycles. The molecule has 3 rings (SSSR count). The quantitative estimate of drug-likeness (QED) is 0.697. The number of benzene rings is 2. The molecule has 0 fully saturated rings. The Labute approximate surface area is 110 Å². The zero-order valence-electron chi connectivity index (χ0n) is 10.5. The highest BCUT2D eigenvalue weighted by atomic mass is 16.3. The number of hydrogen-bond acceptors (Lipinski definition) is 2. The molecular weight excluding hydrogens is 238 g/mol. The molecule has 1 N–H and O–H groups in total. The molecule has 0 unspecified atom stereocenters. The van der Waals surface area contributed by atoms with Gasteiger partial charge in [0.05, 0.1) is 0 Å². The van der Waals surface area contributed by atoms with Crippen LogP contribution in [-0.2, 0) is 4.79 Å². The first-order valence-electron chi connectivity index (χ1n) is 6.13. The standard InChI is InChI=1S/C16H13NO2/c1-2-5-16(18)17-11-8-9-15-13(10-11)12-6-3-4-7-14(12)19-15/h2-10H,1H3,(H,17,18)/b5-2+. The van der Waals surface area contributed by atoms with Crippen molar-refractivity contribution >= 4 is 33.5 Å². The maximum atomic E-state index is 11.5. The highest BCUT2D eigenvalue weighted by molar-refractivity contribution is 6.07. The topological polar surface area (TPSA) is 42.2 Å². The van der Waals surface area contributed by atoms with Gasteiger partial charge in [-0.05, 0) is 37.3 Å². The summed E-state index contributed by atoms with van der Waals surface area (Å²) in [6, 6.07) is 13.5. The van der Waals surface area contributed by atoms with Crippen LogP contribution in [0.1, 0.15) is 6.92 Å². The first kappa shape index (κ1) is 11.5. The molecule has 1 amide bonds. The van der Waals surface area contributed by atoms with E-state index in [-0.39, 0.29) is 5.91 Å². The van der Waals surface area contributed by atoms with E-state index in [1.54, 1.807) is 6.08 Å². The zero-order chi connectivity index (χ0) is 13.2. The first-order chi connectivity index (χ1) is 9.28. The Kier molecular flexibility index (Phi) is 2.80. The molecule has 0 atom stereocenters. The number of fused-ring (bicyclic) bond motifs is 3. The highest BCUT2D eigenvalue weighted by Crippen LogP contribution is 2.30. The summed E-state index contributed by atoms with van der Waals surface area (Å²) < 4.78 is 5.73. The summed E-state index contributed by atoms with van der Waals surface area (Å²) in [7, 11) is 0. The van der Waals surface area contributed by atoms with Gasteiger partial charge in [-0.1, -0.05) is 24.3 Å². The van der Waals surface area contributed by atoms with Gasteiger partial charge in [0.2, 0.25) is 5.91 Å². The molecular formula is C16H13NO2. The minimum absolute atomic E-state index is 0.130. The summed E-state index contributed by atoms with van der Waals surface area (Å²) in [6.07, 6.45) is 3.21. The van der Waals surface area contributed by atoms with Crippen molar-refractivity contribution in [2.45, 2.75) is 6.92 Å². The smallest absolute Gasteiger partial charge is 0.248 e. The van der Waals surface area contributed by atoms with Crippen LogP contribution < -0.4 is 5.32 Å². The molecule has 0 spiro atoms. The number of furan rings is 1. The molecule has 0 radical (unpaired) electrons. The number of para-hydroxylation sites is 1. The van der Waals surface area contributed by atoms with Gasteiger partial charge in [-0.15, -0.1) is 0 Å². The fourth-order valence-electron chi connectivity index (χ4n) is 2.14. The van der Waals surface area contributed by atoms with Crippen molar-refractivity contribution in [3.8, 4) is 0 Å². The van der Waals surface area contributed by atoms with Gasteiger partial charge in [0.25, 0.3) is 0 Å². The second kappa shape index (κ2) is 4.61. The predicted molar refractivity (Wildman–Crippen MR) is 77.2 cm³/mol. The van der Waals surface area contributed by atoms with Crippen LogP contribution in [0.15, 0.2) is 59.0 Å². The third-order valence-corrected chi connectivity index (χ3v) is 2.96. The van der Waals surface area contributed by atoms with E-state index in [0.29, 0.717) is 0 Å². The molecule has 0 aliphatic carbocycles. The molecule has 0 bridgehead atoms. The number of anilines is 1. The van der Waals surface area contributed by atoms with Crippen LogP contribution in [0, 0.1) is 0 Å². The molecule has 2 aromatic carbocycles. The molecule has 3 heteroatoms. The van der Waals surface area contributed by atoms with Crippen molar-refractivity contribution in [1.29, 1.82) is 0 Å². The molecule has 1 heterocycles. The van der Waals surface area contributed by atoms with Gasteiger partial charge in [-0.3, -0.25) is 4.79 Å². The van der Waals surface area contributed by atoms with E-state index in [1.807, 2.05) is 49.4 Å². The lowest BCUT2D eigenvalue weighted by molar-refractivity contribution is -0.111. The van der Waals surface area contributed by atoms with Gasteiger partial charge >= 0.3 is 0 Å². The second-order valence-electron chi connectivity index (χ2n) is 4.30. The van der Waals surface area contributed by atoms with Gasteiger partial charge in [0.15, 0.2) is 0 Å². The van der Waals surface area contributed by atoms with Crippen LogP contribution in [0.4, 0.5) is 5.69 Å². The van der Waals surface area contributed by atoms with Crippen molar-refractivity contribution in [3.05, 3.63) is 54.6 Å². The maximum absolute atomic E-state index is 11.5. The van der Waals surface area contributed by atoms with Crippen molar-refractivity contribution in [1.82, 2.24) is 0 Å². The highest BCUT2D eigenvalue weighted by Gasteiger charge is 2.07. The van der Waals surface area contributed by atoms with Crippen LogP contribution in [0.25, 0.3) is 21.9 Å². The Morgan fingerprint density at radius 3 is 2.74 bits per heavy atom. The lowest BCUT2D eigenvalue weighted by Gasteiger charge is -2.01. The Balaban J connectivity index is 2.09. The Hall–Kier alpha value is -2.55. The largest absolute Gasteiger partial charge is 0.456 e. The average Bonchev–Trinajstić information content (AvgIpc) is 2.77. The summed E-state index contributed by atoms with van der Waals surface area (Å²) in [5.74, 6) is -0.130. The molecule has 0 aliphatic heterocycles. The Morgan fingerprint density at radius 2 is 1.89 bits per heavy atom. The number of allylic oxidation sites excluding steroid dienone is 1. The van der Waals surface area contributed by atoms with E-state index in [2.05, 4.69) is 5.32 Å². The number of nitrogens with one attached hydrogen (secondary N) is 1. The third kappa shape index (κ3) is 2.10. The number of carbonyl (C=O) groups excluding carboxylic acids is 1. The van der Waals surface area contributed by atoms with Crippen LogP contribution in [0.5, 0.6) is 0 Å². The molecule has 3 aromatic rings. The van der Waals surface area contributed by atoms with Crippen LogP contribution >= 0.6 is 0 Å². The van der Waals surface area contributed by atoms with E-state index in [9.17, 15) is 4.79 Å². The number of rotatable bonds is 2. The van der Waals surface area contributed by atoms with Crippen LogP contribution in [0.2, 0.25) is 0 Å². The van der Waals surface area contributed by atoms with Crippen LogP contribution in [0.3, 0.4) is 0 Å². The van der Waals surface area contributed by atoms with Gasteiger partial charge in [0, 0.05) is 16.5 Å². The summed E-state index contributed by atoms with van der Waals surface area (Å²) in [5, 5.41) is 4.89. The first-order valence-corrected chi connectivity index (χ1v) is 6.13. The third-order valence-electron chi connectivity index (χ3n) is 2.96. The van der Waals surface area contributed by atoms with E-state index >= 15 is 0 Å². The number of carbonyl (C=O) groups is 1. The summed E-state index contributed by atoms with van der Waals surface area (Å²) in [5.41, 5.74) is 2.45. The van der Waals surface area contributed by atoms with Gasteiger partial charge in [-0.25, -0.2) is 0 Å². The maximum Gasteiger partial charge on any atom is 0.248 e. The molecule has 0 saturated carbocycles. The summed E-state index contributed by atoms with van der Waals surface area (Å²) in [4.78, 5) is 11.5. The number of hydrogen-bond donors (Lipinski definition) is 1. The molecule has 19 heavy (non-hydrogen) atoms. The van der Waals surface area contributed by atoms with Crippen molar-refractivity contribution in [2.24, 2.45) is 0 Å². The normalized spacial score (nSPS) is 11.4. The molecule has 94 valence electrons. The van der Waals surface area contributed by atoms with Crippen LogP contribution in [-0.4, -0.2) is 5.91 Å². The fourth-order valence-corrected chi connectivity index (χ4v) is 2.14. The lowest BCUT2D eigenvalue weighted by atomic mass is 10.1. The monoisotopic (exact) mass is 251 g/mol. The average molecular weight is 251 g/mol. The van der Waals surface area contributed by atoms with E-state index < -0.39 is 0 Å². The second-order valence-corrected chi connectivity index (χ2v) is 4.30. The Bertz CT molecular complexity index is 784.